The van der Waals surface area contributed by atoms with Crippen LogP contribution < -0.4 is 0 Å². The molecule has 1 N–H and O–H groups in total. The summed E-state index contributed by atoms with van der Waals surface area (Å²) in [7, 11) is 1.71. The fraction of sp³-hybridized carbons (Fsp3) is 0.100. The quantitative estimate of drug-likeness (QED) is 0.784. The minimum absolute atomic E-state index is 0.244. The molecule has 0 aliphatic carbocycles. The zero-order chi connectivity index (χ0) is 10.3. The van der Waals surface area contributed by atoms with Crippen LogP contribution >= 0.6 is 11.6 Å². The van der Waals surface area contributed by atoms with E-state index in [1.165, 1.54) is 0 Å². The highest BCUT2D eigenvalue weighted by Crippen LogP contribution is 2.25. The summed E-state index contributed by atoms with van der Waals surface area (Å²) in [6, 6.07) is 6.97. The zero-order valence-electron chi connectivity index (χ0n) is 7.49. The summed E-state index contributed by atoms with van der Waals surface area (Å²) < 4.78 is 1.61. The molecule has 3 nitrogen and oxygen atoms in total. The Morgan fingerprint density at radius 1 is 1.50 bits per heavy atom. The van der Waals surface area contributed by atoms with Crippen LogP contribution in [0.3, 0.4) is 0 Å². The average molecular weight is 210 g/mol. The minimum atomic E-state index is -0.945. The molecular weight excluding hydrogens is 202 g/mol. The number of aromatic carboxylic acids is 1. The van der Waals surface area contributed by atoms with Crippen LogP contribution in [0.15, 0.2) is 24.3 Å². The van der Waals surface area contributed by atoms with Crippen LogP contribution in [0.4, 0.5) is 0 Å². The van der Waals surface area contributed by atoms with Crippen LogP contribution in [-0.4, -0.2) is 15.6 Å². The van der Waals surface area contributed by atoms with Crippen molar-refractivity contribution in [2.24, 2.45) is 7.05 Å². The summed E-state index contributed by atoms with van der Waals surface area (Å²) in [5.41, 5.74) is 1.07. The number of rotatable bonds is 1. The molecule has 1 aromatic heterocycles. The van der Waals surface area contributed by atoms with Gasteiger partial charge < -0.3 is 9.67 Å². The highest BCUT2D eigenvalue weighted by Gasteiger charge is 2.12. The van der Waals surface area contributed by atoms with Crippen LogP contribution in [0.2, 0.25) is 5.02 Å². The first kappa shape index (κ1) is 9.09. The molecule has 1 heterocycles. The van der Waals surface area contributed by atoms with Gasteiger partial charge in [-0.1, -0.05) is 17.7 Å². The number of carboxylic acids is 1. The van der Waals surface area contributed by atoms with E-state index >= 15 is 0 Å². The van der Waals surface area contributed by atoms with Gasteiger partial charge in [0.1, 0.15) is 5.69 Å². The number of aromatic nitrogens is 1. The Morgan fingerprint density at radius 3 is 2.79 bits per heavy atom. The Hall–Kier alpha value is -1.48. The molecule has 14 heavy (non-hydrogen) atoms. The molecule has 0 aliphatic heterocycles. The Balaban J connectivity index is 2.86. The third-order valence-electron chi connectivity index (χ3n) is 2.25. The second-order valence-electron chi connectivity index (χ2n) is 3.07. The maximum absolute atomic E-state index is 10.8. The van der Waals surface area contributed by atoms with Crippen LogP contribution in [0.25, 0.3) is 10.9 Å². The van der Waals surface area contributed by atoms with Crippen molar-refractivity contribution in [1.82, 2.24) is 4.57 Å². The third kappa shape index (κ3) is 1.17. The van der Waals surface area contributed by atoms with Gasteiger partial charge in [0.25, 0.3) is 0 Å². The largest absolute Gasteiger partial charge is 0.477 e. The maximum atomic E-state index is 10.8. The van der Waals surface area contributed by atoms with Crippen molar-refractivity contribution >= 4 is 28.5 Å². The van der Waals surface area contributed by atoms with Crippen molar-refractivity contribution < 1.29 is 9.90 Å². The van der Waals surface area contributed by atoms with Crippen molar-refractivity contribution in [2.45, 2.75) is 0 Å². The number of fused-ring (bicyclic) bond motifs is 1. The van der Waals surface area contributed by atoms with Gasteiger partial charge in [0.2, 0.25) is 0 Å². The van der Waals surface area contributed by atoms with Gasteiger partial charge in [0, 0.05) is 23.0 Å². The van der Waals surface area contributed by atoms with E-state index < -0.39 is 5.97 Å². The molecule has 0 spiro atoms. The predicted molar refractivity (Wildman–Crippen MR) is 54.9 cm³/mol. The summed E-state index contributed by atoms with van der Waals surface area (Å²) in [5, 5.41) is 10.2. The molecule has 0 unspecified atom stereocenters. The van der Waals surface area contributed by atoms with Crippen molar-refractivity contribution in [2.75, 3.05) is 0 Å². The summed E-state index contributed by atoms with van der Waals surface area (Å²) in [5.74, 6) is -0.945. The summed E-state index contributed by atoms with van der Waals surface area (Å²) >= 11 is 5.94. The molecule has 1 aromatic carbocycles. The van der Waals surface area contributed by atoms with Crippen molar-refractivity contribution in [1.29, 1.82) is 0 Å². The maximum Gasteiger partial charge on any atom is 0.352 e. The lowest BCUT2D eigenvalue weighted by atomic mass is 10.2. The molecule has 0 aliphatic rings. The summed E-state index contributed by atoms with van der Waals surface area (Å²) in [4.78, 5) is 10.8. The number of benzene rings is 1. The Bertz CT molecular complexity index is 516. The molecule has 72 valence electrons. The number of hydrogen-bond acceptors (Lipinski definition) is 1. The first-order chi connectivity index (χ1) is 6.61. The Labute approximate surface area is 85.5 Å². The molecule has 0 saturated heterocycles. The van der Waals surface area contributed by atoms with E-state index in [1.54, 1.807) is 29.8 Å². The van der Waals surface area contributed by atoms with Gasteiger partial charge in [0.15, 0.2) is 0 Å². The lowest BCUT2D eigenvalue weighted by Gasteiger charge is -1.98. The minimum Gasteiger partial charge on any atom is -0.477 e. The lowest BCUT2D eigenvalue weighted by molar-refractivity contribution is 0.0687. The average Bonchev–Trinajstić information content (AvgIpc) is 2.46. The van der Waals surface area contributed by atoms with Gasteiger partial charge in [-0.25, -0.2) is 4.79 Å². The van der Waals surface area contributed by atoms with Gasteiger partial charge in [-0.3, -0.25) is 0 Å². The van der Waals surface area contributed by atoms with Crippen LogP contribution in [0, 0.1) is 0 Å². The smallest absolute Gasteiger partial charge is 0.352 e. The van der Waals surface area contributed by atoms with Crippen molar-refractivity contribution in [3.8, 4) is 0 Å². The SMILES string of the molecule is Cn1c(C(=O)O)cc2c(Cl)cccc21. The monoisotopic (exact) mass is 209 g/mol. The van der Waals surface area contributed by atoms with E-state index in [-0.39, 0.29) is 5.69 Å². The molecule has 0 fully saturated rings. The molecule has 0 atom stereocenters. The highest BCUT2D eigenvalue weighted by molar-refractivity contribution is 6.35. The molecule has 0 radical (unpaired) electrons. The second-order valence-corrected chi connectivity index (χ2v) is 3.47. The van der Waals surface area contributed by atoms with E-state index in [2.05, 4.69) is 0 Å². The molecule has 4 heteroatoms. The Morgan fingerprint density at radius 2 is 2.21 bits per heavy atom. The zero-order valence-corrected chi connectivity index (χ0v) is 8.25. The number of halogens is 1. The fourth-order valence-electron chi connectivity index (χ4n) is 1.53. The van der Waals surface area contributed by atoms with Crippen LogP contribution in [-0.2, 0) is 7.05 Å². The van der Waals surface area contributed by atoms with E-state index in [9.17, 15) is 4.79 Å². The van der Waals surface area contributed by atoms with Gasteiger partial charge in [-0.05, 0) is 18.2 Å². The number of hydrogen-bond donors (Lipinski definition) is 1. The molecule has 0 saturated carbocycles. The third-order valence-corrected chi connectivity index (χ3v) is 2.58. The standard InChI is InChI=1S/C10H8ClNO2/c1-12-8-4-2-3-7(11)6(8)5-9(12)10(13)14/h2-5H,1H3,(H,13,14). The topological polar surface area (TPSA) is 42.2 Å². The molecule has 0 bridgehead atoms. The van der Waals surface area contributed by atoms with Crippen LogP contribution in [0.5, 0.6) is 0 Å². The first-order valence-corrected chi connectivity index (χ1v) is 4.46. The van der Waals surface area contributed by atoms with E-state index in [0.717, 1.165) is 10.9 Å². The lowest BCUT2D eigenvalue weighted by Crippen LogP contribution is -2.03. The van der Waals surface area contributed by atoms with E-state index in [1.807, 2.05) is 6.07 Å². The highest BCUT2D eigenvalue weighted by atomic mass is 35.5. The summed E-state index contributed by atoms with van der Waals surface area (Å²) in [6.07, 6.45) is 0. The Kier molecular flexibility index (Phi) is 1.97. The van der Waals surface area contributed by atoms with Crippen molar-refractivity contribution in [3.63, 3.8) is 0 Å². The van der Waals surface area contributed by atoms with Crippen LogP contribution in [0.1, 0.15) is 10.5 Å². The number of carbonyl (C=O) groups is 1. The number of carboxylic acid groups (broad SMARTS) is 1. The van der Waals surface area contributed by atoms with Gasteiger partial charge in [0.05, 0.1) is 0 Å². The molecule has 2 aromatic rings. The van der Waals surface area contributed by atoms with Gasteiger partial charge in [-0.2, -0.15) is 0 Å². The molecular formula is C10H8ClNO2. The normalized spacial score (nSPS) is 10.7. The van der Waals surface area contributed by atoms with E-state index in [0.29, 0.717) is 5.02 Å². The molecule has 0 amide bonds. The van der Waals surface area contributed by atoms with Crippen molar-refractivity contribution in [3.05, 3.63) is 35.0 Å². The van der Waals surface area contributed by atoms with E-state index in [4.69, 9.17) is 16.7 Å². The number of nitrogens with zero attached hydrogens (tertiary/aromatic N) is 1. The second kappa shape index (κ2) is 3.03. The van der Waals surface area contributed by atoms with Gasteiger partial charge in [-0.15, -0.1) is 0 Å². The molecule has 2 rings (SSSR count). The fourth-order valence-corrected chi connectivity index (χ4v) is 1.75. The predicted octanol–water partition coefficient (Wildman–Crippen LogP) is 2.53. The summed E-state index contributed by atoms with van der Waals surface area (Å²) in [6.45, 7) is 0. The first-order valence-electron chi connectivity index (χ1n) is 4.08. The van der Waals surface area contributed by atoms with Gasteiger partial charge >= 0.3 is 5.97 Å². The number of aryl methyl sites for hydroxylation is 1.